The fourth-order valence-electron chi connectivity index (χ4n) is 1.81. The fraction of sp³-hybridized carbons (Fsp3) is 0.500. The van der Waals surface area contributed by atoms with Crippen LogP contribution in [0.3, 0.4) is 0 Å². The minimum Gasteiger partial charge on any atom is -0.294 e. The molecule has 0 amide bonds. The molecule has 2 atom stereocenters. The monoisotopic (exact) mass is 223 g/mol. The van der Waals surface area contributed by atoms with Gasteiger partial charge in [-0.05, 0) is 18.9 Å². The van der Waals surface area contributed by atoms with Gasteiger partial charge in [0.05, 0.1) is 6.61 Å². The number of benzene rings is 1. The van der Waals surface area contributed by atoms with E-state index in [-0.39, 0.29) is 0 Å². The number of hydrogen-bond acceptors (Lipinski definition) is 3. The normalized spacial score (nSPS) is 27.1. The second-order valence-corrected chi connectivity index (χ2v) is 4.66. The maximum atomic E-state index is 5.76. The quantitative estimate of drug-likeness (QED) is 0.791. The molecule has 1 aromatic carbocycles. The molecule has 2 unspecified atom stereocenters. The van der Waals surface area contributed by atoms with E-state index in [0.717, 1.165) is 13.0 Å². The van der Waals surface area contributed by atoms with E-state index in [1.54, 1.807) is 0 Å². The van der Waals surface area contributed by atoms with Crippen molar-refractivity contribution in [3.63, 3.8) is 0 Å². The van der Waals surface area contributed by atoms with Crippen molar-refractivity contribution < 1.29 is 4.84 Å². The number of thiol groups is 1. The maximum absolute atomic E-state index is 5.76. The van der Waals surface area contributed by atoms with E-state index in [2.05, 4.69) is 31.7 Å². The van der Waals surface area contributed by atoms with Gasteiger partial charge >= 0.3 is 0 Å². The van der Waals surface area contributed by atoms with Gasteiger partial charge in [0.1, 0.15) is 0 Å². The van der Waals surface area contributed by atoms with Crippen LogP contribution >= 0.6 is 12.6 Å². The first-order valence-corrected chi connectivity index (χ1v) is 5.90. The molecule has 2 nitrogen and oxygen atoms in total. The Bertz CT molecular complexity index is 304. The highest BCUT2D eigenvalue weighted by Gasteiger charge is 2.28. The van der Waals surface area contributed by atoms with Crippen molar-refractivity contribution >= 4 is 12.6 Å². The second kappa shape index (κ2) is 5.01. The van der Waals surface area contributed by atoms with Gasteiger partial charge < -0.3 is 0 Å². The van der Waals surface area contributed by atoms with Crippen LogP contribution in [-0.2, 0) is 11.4 Å². The molecule has 0 spiro atoms. The van der Waals surface area contributed by atoms with Gasteiger partial charge in [0.15, 0.2) is 0 Å². The average molecular weight is 223 g/mol. The lowest BCUT2D eigenvalue weighted by Crippen LogP contribution is -2.30. The number of hydroxylamine groups is 2. The van der Waals surface area contributed by atoms with Crippen LogP contribution < -0.4 is 0 Å². The van der Waals surface area contributed by atoms with Crippen molar-refractivity contribution in [2.75, 3.05) is 6.54 Å². The van der Waals surface area contributed by atoms with Crippen LogP contribution in [-0.4, -0.2) is 22.9 Å². The number of rotatable bonds is 3. The minimum absolute atomic E-state index is 0.414. The molecule has 82 valence electrons. The molecular weight excluding hydrogens is 206 g/mol. The summed E-state index contributed by atoms with van der Waals surface area (Å²) in [6.45, 7) is 3.81. The first kappa shape index (κ1) is 11.0. The Hall–Kier alpha value is -0.510. The van der Waals surface area contributed by atoms with E-state index in [9.17, 15) is 0 Å². The third-order valence-electron chi connectivity index (χ3n) is 2.90. The highest BCUT2D eigenvalue weighted by atomic mass is 32.1. The fourth-order valence-corrected chi connectivity index (χ4v) is 2.07. The Morgan fingerprint density at radius 1 is 1.40 bits per heavy atom. The third-order valence-corrected chi connectivity index (χ3v) is 3.59. The summed E-state index contributed by atoms with van der Waals surface area (Å²) in [4.78, 5) is 5.76. The van der Waals surface area contributed by atoms with Crippen LogP contribution in [0.2, 0.25) is 0 Å². The van der Waals surface area contributed by atoms with Crippen molar-refractivity contribution in [3.8, 4) is 0 Å². The van der Waals surface area contributed by atoms with E-state index in [0.29, 0.717) is 17.9 Å². The van der Waals surface area contributed by atoms with Crippen molar-refractivity contribution in [1.82, 2.24) is 5.06 Å². The van der Waals surface area contributed by atoms with Crippen LogP contribution in [0, 0.1) is 0 Å². The molecule has 3 heteroatoms. The molecule has 1 heterocycles. The Morgan fingerprint density at radius 3 is 2.73 bits per heavy atom. The second-order valence-electron chi connectivity index (χ2n) is 4.00. The molecule has 0 radical (unpaired) electrons. The lowest BCUT2D eigenvalue weighted by molar-refractivity contribution is -0.174. The van der Waals surface area contributed by atoms with Gasteiger partial charge in [-0.15, -0.1) is 0 Å². The molecular formula is C12H17NOS. The van der Waals surface area contributed by atoms with Crippen LogP contribution in [0.5, 0.6) is 0 Å². The van der Waals surface area contributed by atoms with Gasteiger partial charge in [-0.2, -0.15) is 17.7 Å². The Morgan fingerprint density at radius 2 is 2.13 bits per heavy atom. The van der Waals surface area contributed by atoms with Gasteiger partial charge in [-0.1, -0.05) is 30.3 Å². The molecule has 1 aliphatic rings. The van der Waals surface area contributed by atoms with Crippen molar-refractivity contribution in [2.24, 2.45) is 0 Å². The number of hydrogen-bond donors (Lipinski definition) is 1. The summed E-state index contributed by atoms with van der Waals surface area (Å²) in [5.74, 6) is 0. The standard InChI is InChI=1S/C12H17NOS/c1-10-12(15)7-8-13(10)14-9-11-5-3-2-4-6-11/h2-6,10,12,15H,7-9H2,1H3. The molecule has 0 saturated carbocycles. The maximum Gasteiger partial charge on any atom is 0.0936 e. The van der Waals surface area contributed by atoms with E-state index in [1.807, 2.05) is 23.3 Å². The van der Waals surface area contributed by atoms with Crippen molar-refractivity contribution in [3.05, 3.63) is 35.9 Å². The van der Waals surface area contributed by atoms with Gasteiger partial charge in [0.25, 0.3) is 0 Å². The predicted molar refractivity (Wildman–Crippen MR) is 64.8 cm³/mol. The Balaban J connectivity index is 1.84. The lowest BCUT2D eigenvalue weighted by atomic mass is 10.2. The molecule has 0 N–H and O–H groups in total. The van der Waals surface area contributed by atoms with Gasteiger partial charge in [0.2, 0.25) is 0 Å². The average Bonchev–Trinajstić information content (AvgIpc) is 2.59. The summed E-state index contributed by atoms with van der Waals surface area (Å²) >= 11 is 4.51. The van der Waals surface area contributed by atoms with Crippen LogP contribution in [0.25, 0.3) is 0 Å². The van der Waals surface area contributed by atoms with E-state index in [4.69, 9.17) is 4.84 Å². The van der Waals surface area contributed by atoms with Crippen LogP contribution in [0.1, 0.15) is 18.9 Å². The smallest absolute Gasteiger partial charge is 0.0936 e. The van der Waals surface area contributed by atoms with Gasteiger partial charge in [-0.3, -0.25) is 4.84 Å². The highest BCUT2D eigenvalue weighted by molar-refractivity contribution is 7.81. The van der Waals surface area contributed by atoms with Gasteiger partial charge in [0, 0.05) is 17.8 Å². The summed E-state index contributed by atoms with van der Waals surface area (Å²) in [6.07, 6.45) is 1.11. The zero-order chi connectivity index (χ0) is 10.7. The topological polar surface area (TPSA) is 12.5 Å². The molecule has 1 saturated heterocycles. The summed E-state index contributed by atoms with van der Waals surface area (Å²) in [5, 5.41) is 2.49. The minimum atomic E-state index is 0.414. The molecule has 1 aliphatic heterocycles. The van der Waals surface area contributed by atoms with Gasteiger partial charge in [-0.25, -0.2) is 0 Å². The first-order valence-electron chi connectivity index (χ1n) is 5.39. The van der Waals surface area contributed by atoms with E-state index < -0.39 is 0 Å². The lowest BCUT2D eigenvalue weighted by Gasteiger charge is -2.21. The number of nitrogens with zero attached hydrogens (tertiary/aromatic N) is 1. The zero-order valence-electron chi connectivity index (χ0n) is 8.97. The zero-order valence-corrected chi connectivity index (χ0v) is 9.86. The van der Waals surface area contributed by atoms with E-state index >= 15 is 0 Å². The molecule has 1 aromatic rings. The van der Waals surface area contributed by atoms with Crippen molar-refractivity contribution in [1.29, 1.82) is 0 Å². The molecule has 0 aliphatic carbocycles. The molecule has 0 aromatic heterocycles. The Labute approximate surface area is 96.6 Å². The predicted octanol–water partition coefficient (Wildman–Crippen LogP) is 2.51. The van der Waals surface area contributed by atoms with Crippen LogP contribution in [0.15, 0.2) is 30.3 Å². The Kier molecular flexibility index (Phi) is 3.67. The molecule has 2 rings (SSSR count). The highest BCUT2D eigenvalue weighted by Crippen LogP contribution is 2.22. The van der Waals surface area contributed by atoms with E-state index in [1.165, 1.54) is 5.56 Å². The first-order chi connectivity index (χ1) is 7.27. The largest absolute Gasteiger partial charge is 0.294 e. The third kappa shape index (κ3) is 2.74. The molecule has 0 bridgehead atoms. The summed E-state index contributed by atoms with van der Waals surface area (Å²) in [6, 6.07) is 10.7. The summed E-state index contributed by atoms with van der Waals surface area (Å²) in [7, 11) is 0. The summed E-state index contributed by atoms with van der Waals surface area (Å²) in [5.41, 5.74) is 1.22. The molecule has 1 fully saturated rings. The van der Waals surface area contributed by atoms with Crippen molar-refractivity contribution in [2.45, 2.75) is 31.2 Å². The summed E-state index contributed by atoms with van der Waals surface area (Å²) < 4.78 is 0. The molecule has 15 heavy (non-hydrogen) atoms. The SMILES string of the molecule is CC1C(S)CCN1OCc1ccccc1. The van der Waals surface area contributed by atoms with Crippen LogP contribution in [0.4, 0.5) is 0 Å².